The summed E-state index contributed by atoms with van der Waals surface area (Å²) in [7, 11) is 0. The molecule has 0 spiro atoms. The number of nitrogens with zero attached hydrogens (tertiary/aromatic N) is 3. The molecule has 8 heteroatoms. The molecule has 2 heterocycles. The van der Waals surface area contributed by atoms with Crippen LogP contribution in [0, 0.1) is 5.92 Å². The molecule has 33 heavy (non-hydrogen) atoms. The molecular formula is C25H34ClN5O2. The fraction of sp³-hybridized carbons (Fsp3) is 0.640. The van der Waals surface area contributed by atoms with Gasteiger partial charge in [-0.05, 0) is 37.3 Å². The molecule has 0 aromatic heterocycles. The molecule has 178 valence electrons. The van der Waals surface area contributed by atoms with Gasteiger partial charge in [-0.15, -0.1) is 0 Å². The van der Waals surface area contributed by atoms with Crippen molar-refractivity contribution in [2.24, 2.45) is 11.0 Å². The third-order valence-corrected chi connectivity index (χ3v) is 8.07. The van der Waals surface area contributed by atoms with E-state index in [4.69, 9.17) is 11.6 Å². The zero-order chi connectivity index (χ0) is 22.8. The lowest BCUT2D eigenvalue weighted by Gasteiger charge is -2.50. The number of hydrazone groups is 1. The van der Waals surface area contributed by atoms with Gasteiger partial charge in [0.25, 0.3) is 0 Å². The van der Waals surface area contributed by atoms with Gasteiger partial charge in [0.2, 0.25) is 11.8 Å². The van der Waals surface area contributed by atoms with Crippen LogP contribution in [-0.2, 0) is 16.1 Å². The van der Waals surface area contributed by atoms with Crippen molar-refractivity contribution in [2.75, 3.05) is 0 Å². The van der Waals surface area contributed by atoms with Crippen molar-refractivity contribution in [3.63, 3.8) is 0 Å². The Morgan fingerprint density at radius 3 is 2.67 bits per heavy atom. The maximum absolute atomic E-state index is 13.5. The van der Waals surface area contributed by atoms with Gasteiger partial charge in [0.05, 0.1) is 12.5 Å². The second-order valence-corrected chi connectivity index (χ2v) is 10.3. The molecule has 1 aromatic rings. The van der Waals surface area contributed by atoms with Gasteiger partial charge in [-0.25, -0.2) is 0 Å². The quantitative estimate of drug-likeness (QED) is 0.658. The fourth-order valence-electron chi connectivity index (χ4n) is 5.98. The van der Waals surface area contributed by atoms with Gasteiger partial charge < -0.3 is 10.2 Å². The van der Waals surface area contributed by atoms with E-state index in [1.165, 1.54) is 19.3 Å². The number of carbonyl (C=O) groups is 2. The fourth-order valence-corrected chi connectivity index (χ4v) is 6.18. The van der Waals surface area contributed by atoms with Crippen LogP contribution in [0.5, 0.6) is 0 Å². The minimum Gasteiger partial charge on any atom is -0.353 e. The SMILES string of the molecule is O=C(CCC1=NNC2N(Cc3ccccc3Cl)C(=O)C3CCCCC3N12)NC1CCCCC1. The lowest BCUT2D eigenvalue weighted by molar-refractivity contribution is -0.156. The molecule has 3 unspecified atom stereocenters. The van der Waals surface area contributed by atoms with Gasteiger partial charge in [-0.3, -0.25) is 19.9 Å². The van der Waals surface area contributed by atoms with E-state index in [0.717, 1.165) is 49.9 Å². The zero-order valence-electron chi connectivity index (χ0n) is 19.1. The second kappa shape index (κ2) is 9.92. The molecule has 2 aliphatic heterocycles. The average Bonchev–Trinajstić information content (AvgIpc) is 3.26. The number of fused-ring (bicyclic) bond motifs is 3. The van der Waals surface area contributed by atoms with Crippen LogP contribution in [0.1, 0.15) is 76.2 Å². The minimum atomic E-state index is -0.315. The molecule has 0 radical (unpaired) electrons. The van der Waals surface area contributed by atoms with Crippen molar-refractivity contribution < 1.29 is 9.59 Å². The molecule has 5 rings (SSSR count). The lowest BCUT2D eigenvalue weighted by Crippen LogP contribution is -2.67. The predicted octanol–water partition coefficient (Wildman–Crippen LogP) is 3.97. The summed E-state index contributed by atoms with van der Waals surface area (Å²) in [5.74, 6) is 1.15. The van der Waals surface area contributed by atoms with Gasteiger partial charge >= 0.3 is 0 Å². The highest BCUT2D eigenvalue weighted by molar-refractivity contribution is 6.31. The highest BCUT2D eigenvalue weighted by atomic mass is 35.5. The van der Waals surface area contributed by atoms with Gasteiger partial charge in [-0.2, -0.15) is 5.10 Å². The Morgan fingerprint density at radius 1 is 1.09 bits per heavy atom. The molecular weight excluding hydrogens is 438 g/mol. The second-order valence-electron chi connectivity index (χ2n) is 9.86. The Kier molecular flexibility index (Phi) is 6.76. The Bertz CT molecular complexity index is 916. The largest absolute Gasteiger partial charge is 0.353 e. The monoisotopic (exact) mass is 471 g/mol. The summed E-state index contributed by atoms with van der Waals surface area (Å²) in [6, 6.07) is 8.16. The molecule has 2 saturated carbocycles. The van der Waals surface area contributed by atoms with Crippen LogP contribution < -0.4 is 10.7 Å². The average molecular weight is 472 g/mol. The van der Waals surface area contributed by atoms with E-state index in [-0.39, 0.29) is 30.1 Å². The molecule has 2 amide bonds. The molecule has 0 bridgehead atoms. The van der Waals surface area contributed by atoms with E-state index < -0.39 is 0 Å². The summed E-state index contributed by atoms with van der Waals surface area (Å²) in [6.07, 6.45) is 10.6. The Hall–Kier alpha value is -2.28. The topological polar surface area (TPSA) is 77.0 Å². The summed E-state index contributed by atoms with van der Waals surface area (Å²) in [5, 5.41) is 8.51. The summed E-state index contributed by atoms with van der Waals surface area (Å²) in [5.41, 5.74) is 4.15. The first-order valence-corrected chi connectivity index (χ1v) is 12.9. The summed E-state index contributed by atoms with van der Waals surface area (Å²) < 4.78 is 0. The highest BCUT2D eigenvalue weighted by Gasteiger charge is 2.50. The van der Waals surface area contributed by atoms with Crippen molar-refractivity contribution >= 4 is 29.3 Å². The van der Waals surface area contributed by atoms with Gasteiger partial charge in [-0.1, -0.05) is 61.9 Å². The molecule has 3 atom stereocenters. The van der Waals surface area contributed by atoms with Crippen LogP contribution in [0.2, 0.25) is 5.02 Å². The van der Waals surface area contributed by atoms with Gasteiger partial charge in [0, 0.05) is 29.9 Å². The molecule has 4 aliphatic rings. The maximum Gasteiger partial charge on any atom is 0.231 e. The van der Waals surface area contributed by atoms with E-state index in [9.17, 15) is 9.59 Å². The maximum atomic E-state index is 13.5. The summed E-state index contributed by atoms with van der Waals surface area (Å²) >= 11 is 6.42. The number of benzene rings is 1. The van der Waals surface area contributed by atoms with Crippen LogP contribution in [0.3, 0.4) is 0 Å². The number of rotatable bonds is 6. The summed E-state index contributed by atoms with van der Waals surface area (Å²) in [6.45, 7) is 0.445. The van der Waals surface area contributed by atoms with E-state index in [0.29, 0.717) is 30.5 Å². The number of nitrogens with one attached hydrogen (secondary N) is 2. The molecule has 2 aliphatic carbocycles. The van der Waals surface area contributed by atoms with Crippen molar-refractivity contribution in [1.29, 1.82) is 0 Å². The Morgan fingerprint density at radius 2 is 1.85 bits per heavy atom. The standard InChI is InChI=1S/C25H34ClN5O2/c26-20-12-6-4-8-17(20)16-30-24(33)19-11-5-7-13-21(19)31-22(28-29-25(30)31)14-15-23(32)27-18-9-2-1-3-10-18/h4,6,8,12,18-19,21,25,29H,1-3,5,7,9-11,13-16H2,(H,27,32). The van der Waals surface area contributed by atoms with Crippen molar-refractivity contribution in [3.05, 3.63) is 34.9 Å². The molecule has 1 aromatic carbocycles. The smallest absolute Gasteiger partial charge is 0.231 e. The number of carbonyl (C=O) groups excluding carboxylic acids is 2. The number of hydrogen-bond donors (Lipinski definition) is 2. The normalized spacial score (nSPS) is 27.5. The van der Waals surface area contributed by atoms with E-state index in [1.807, 2.05) is 29.2 Å². The number of amidine groups is 1. The third kappa shape index (κ3) is 4.70. The van der Waals surface area contributed by atoms with Crippen LogP contribution in [0.25, 0.3) is 0 Å². The van der Waals surface area contributed by atoms with E-state index in [2.05, 4.69) is 20.7 Å². The third-order valence-electron chi connectivity index (χ3n) is 7.70. The zero-order valence-corrected chi connectivity index (χ0v) is 19.9. The first kappa shape index (κ1) is 22.5. The predicted molar refractivity (Wildman–Crippen MR) is 128 cm³/mol. The summed E-state index contributed by atoms with van der Waals surface area (Å²) in [4.78, 5) is 30.3. The minimum absolute atomic E-state index is 0.0290. The van der Waals surface area contributed by atoms with Crippen molar-refractivity contribution in [3.8, 4) is 0 Å². The van der Waals surface area contributed by atoms with Crippen LogP contribution >= 0.6 is 11.6 Å². The Balaban J connectivity index is 1.29. The van der Waals surface area contributed by atoms with Crippen LogP contribution in [-0.4, -0.2) is 45.8 Å². The van der Waals surface area contributed by atoms with Crippen molar-refractivity contribution in [1.82, 2.24) is 20.5 Å². The van der Waals surface area contributed by atoms with E-state index >= 15 is 0 Å². The molecule has 3 fully saturated rings. The van der Waals surface area contributed by atoms with E-state index in [1.54, 1.807) is 0 Å². The number of amides is 2. The van der Waals surface area contributed by atoms with Crippen molar-refractivity contribution in [2.45, 2.75) is 95.5 Å². The Labute approximate surface area is 200 Å². The number of hydrogen-bond acceptors (Lipinski definition) is 5. The molecule has 1 saturated heterocycles. The van der Waals surface area contributed by atoms with Gasteiger partial charge in [0.15, 0.2) is 6.29 Å². The first-order chi connectivity index (χ1) is 16.1. The van der Waals surface area contributed by atoms with Gasteiger partial charge in [0.1, 0.15) is 5.84 Å². The highest BCUT2D eigenvalue weighted by Crippen LogP contribution is 2.38. The molecule has 7 nitrogen and oxygen atoms in total. The molecule has 2 N–H and O–H groups in total. The lowest BCUT2D eigenvalue weighted by atomic mass is 9.80. The van der Waals surface area contributed by atoms with Crippen LogP contribution in [0.15, 0.2) is 29.4 Å². The van der Waals surface area contributed by atoms with Crippen LogP contribution in [0.4, 0.5) is 0 Å². The first-order valence-electron chi connectivity index (χ1n) is 12.6. The number of halogens is 1.